The number of nitrogens with zero attached hydrogens (tertiary/aromatic N) is 2. The summed E-state index contributed by atoms with van der Waals surface area (Å²) in [7, 11) is 0. The SMILES string of the molecule is CC(C)(C)c1nc(Cl)cc(NCC(F)(F)F)n1. The second-order valence-electron chi connectivity index (χ2n) is 4.62. The third-order valence-electron chi connectivity index (χ3n) is 1.84. The maximum Gasteiger partial charge on any atom is 0.405 e. The number of hydrogen-bond donors (Lipinski definition) is 1. The lowest BCUT2D eigenvalue weighted by Crippen LogP contribution is -2.23. The summed E-state index contributed by atoms with van der Waals surface area (Å²) in [5, 5.41) is 2.30. The second kappa shape index (κ2) is 4.68. The fourth-order valence-corrected chi connectivity index (χ4v) is 1.22. The number of anilines is 1. The number of nitrogens with one attached hydrogen (secondary N) is 1. The number of aromatic nitrogens is 2. The number of rotatable bonds is 2. The van der Waals surface area contributed by atoms with Crippen molar-refractivity contribution in [3.63, 3.8) is 0 Å². The molecule has 0 saturated carbocycles. The summed E-state index contributed by atoms with van der Waals surface area (Å²) >= 11 is 5.73. The van der Waals surface area contributed by atoms with Crippen molar-refractivity contribution in [2.24, 2.45) is 0 Å². The molecule has 1 heterocycles. The summed E-state index contributed by atoms with van der Waals surface area (Å²) < 4.78 is 36.1. The molecule has 17 heavy (non-hydrogen) atoms. The first-order valence-corrected chi connectivity index (χ1v) is 5.31. The normalized spacial score (nSPS) is 12.6. The van der Waals surface area contributed by atoms with Crippen molar-refractivity contribution in [3.05, 3.63) is 17.0 Å². The summed E-state index contributed by atoms with van der Waals surface area (Å²) in [6, 6.07) is 1.27. The van der Waals surface area contributed by atoms with Crippen LogP contribution in [-0.2, 0) is 5.41 Å². The monoisotopic (exact) mass is 267 g/mol. The van der Waals surface area contributed by atoms with Gasteiger partial charge in [-0.05, 0) is 0 Å². The standard InChI is InChI=1S/C10H13ClF3N3/c1-9(2,3)8-16-6(11)4-7(17-8)15-5-10(12,13)14/h4H,5H2,1-3H3,(H,15,16,17). The van der Waals surface area contributed by atoms with E-state index in [0.717, 1.165) is 0 Å². The Morgan fingerprint density at radius 1 is 1.24 bits per heavy atom. The molecular weight excluding hydrogens is 255 g/mol. The molecule has 0 aromatic carbocycles. The molecule has 0 amide bonds. The number of hydrogen-bond acceptors (Lipinski definition) is 3. The van der Waals surface area contributed by atoms with Crippen molar-refractivity contribution < 1.29 is 13.2 Å². The van der Waals surface area contributed by atoms with E-state index in [9.17, 15) is 13.2 Å². The van der Waals surface area contributed by atoms with Crippen LogP contribution in [-0.4, -0.2) is 22.7 Å². The van der Waals surface area contributed by atoms with Gasteiger partial charge in [0.25, 0.3) is 0 Å². The zero-order chi connectivity index (χ0) is 13.3. The van der Waals surface area contributed by atoms with Crippen molar-refractivity contribution in [2.45, 2.75) is 32.4 Å². The van der Waals surface area contributed by atoms with Crippen molar-refractivity contribution in [1.82, 2.24) is 9.97 Å². The molecule has 0 fully saturated rings. The van der Waals surface area contributed by atoms with Gasteiger partial charge in [0.1, 0.15) is 23.3 Å². The summed E-state index contributed by atoms with van der Waals surface area (Å²) in [6.45, 7) is 4.41. The molecule has 0 saturated heterocycles. The summed E-state index contributed by atoms with van der Waals surface area (Å²) in [5.41, 5.74) is -0.375. The molecule has 0 atom stereocenters. The van der Waals surface area contributed by atoms with E-state index in [0.29, 0.717) is 5.82 Å². The third kappa shape index (κ3) is 4.77. The predicted octanol–water partition coefficient (Wildman–Crippen LogP) is 3.40. The minimum atomic E-state index is -4.29. The van der Waals surface area contributed by atoms with Crippen molar-refractivity contribution >= 4 is 17.4 Å². The van der Waals surface area contributed by atoms with E-state index in [2.05, 4.69) is 15.3 Å². The van der Waals surface area contributed by atoms with Gasteiger partial charge in [0.15, 0.2) is 0 Å². The fourth-order valence-electron chi connectivity index (χ4n) is 1.03. The topological polar surface area (TPSA) is 37.8 Å². The fraction of sp³-hybridized carbons (Fsp3) is 0.600. The zero-order valence-electron chi connectivity index (χ0n) is 9.69. The van der Waals surface area contributed by atoms with Gasteiger partial charge in [-0.15, -0.1) is 0 Å². The molecule has 1 N–H and O–H groups in total. The summed E-state index contributed by atoms with van der Waals surface area (Å²) in [4.78, 5) is 7.98. The molecule has 0 bridgehead atoms. The molecule has 7 heteroatoms. The van der Waals surface area contributed by atoms with Crippen LogP contribution in [0.2, 0.25) is 5.15 Å². The minimum Gasteiger partial charge on any atom is -0.361 e. The van der Waals surface area contributed by atoms with E-state index >= 15 is 0 Å². The van der Waals surface area contributed by atoms with Crippen molar-refractivity contribution in [2.75, 3.05) is 11.9 Å². The zero-order valence-corrected chi connectivity index (χ0v) is 10.4. The Bertz CT molecular complexity index is 399. The average Bonchev–Trinajstić information content (AvgIpc) is 2.11. The van der Waals surface area contributed by atoms with Gasteiger partial charge in [-0.1, -0.05) is 32.4 Å². The van der Waals surface area contributed by atoms with Gasteiger partial charge < -0.3 is 5.32 Å². The quantitative estimate of drug-likeness (QED) is 0.835. The van der Waals surface area contributed by atoms with Gasteiger partial charge >= 0.3 is 6.18 Å². The van der Waals surface area contributed by atoms with E-state index in [1.54, 1.807) is 0 Å². The molecule has 0 aliphatic heterocycles. The first-order chi connectivity index (χ1) is 7.58. The molecule has 0 unspecified atom stereocenters. The molecule has 0 aliphatic carbocycles. The van der Waals surface area contributed by atoms with Crippen LogP contribution in [0.3, 0.4) is 0 Å². The highest BCUT2D eigenvalue weighted by atomic mass is 35.5. The maximum absolute atomic E-state index is 12.0. The van der Waals surface area contributed by atoms with Gasteiger partial charge in [-0.25, -0.2) is 9.97 Å². The van der Waals surface area contributed by atoms with Gasteiger partial charge in [0.2, 0.25) is 0 Å². The van der Waals surface area contributed by atoms with Gasteiger partial charge in [0.05, 0.1) is 0 Å². The van der Waals surface area contributed by atoms with Crippen LogP contribution < -0.4 is 5.32 Å². The molecule has 1 rings (SSSR count). The molecule has 0 aliphatic rings. The minimum absolute atomic E-state index is 0.0762. The van der Waals surface area contributed by atoms with Gasteiger partial charge in [-0.2, -0.15) is 13.2 Å². The predicted molar refractivity (Wildman–Crippen MR) is 60.3 cm³/mol. The Balaban J connectivity index is 2.91. The smallest absolute Gasteiger partial charge is 0.361 e. The van der Waals surface area contributed by atoms with Gasteiger partial charge in [-0.3, -0.25) is 0 Å². The Morgan fingerprint density at radius 2 is 1.82 bits per heavy atom. The van der Waals surface area contributed by atoms with Crippen LogP contribution in [0.1, 0.15) is 26.6 Å². The lowest BCUT2D eigenvalue weighted by Gasteiger charge is -2.18. The lowest BCUT2D eigenvalue weighted by molar-refractivity contribution is -0.115. The summed E-state index contributed by atoms with van der Waals surface area (Å²) in [5.74, 6) is 0.474. The molecule has 0 spiro atoms. The second-order valence-corrected chi connectivity index (χ2v) is 5.01. The Kier molecular flexibility index (Phi) is 3.86. The highest BCUT2D eigenvalue weighted by molar-refractivity contribution is 6.29. The van der Waals surface area contributed by atoms with E-state index < -0.39 is 12.7 Å². The molecule has 3 nitrogen and oxygen atoms in total. The first-order valence-electron chi connectivity index (χ1n) is 4.93. The Hall–Kier alpha value is -1.04. The molecule has 96 valence electrons. The van der Waals surface area contributed by atoms with E-state index in [4.69, 9.17) is 11.6 Å². The van der Waals surface area contributed by atoms with Crippen LogP contribution in [0.5, 0.6) is 0 Å². The number of alkyl halides is 3. The lowest BCUT2D eigenvalue weighted by atomic mass is 9.96. The van der Waals surface area contributed by atoms with E-state index in [1.165, 1.54) is 6.07 Å². The highest BCUT2D eigenvalue weighted by Crippen LogP contribution is 2.23. The Morgan fingerprint density at radius 3 is 2.29 bits per heavy atom. The molecule has 1 aromatic rings. The maximum atomic E-state index is 12.0. The average molecular weight is 268 g/mol. The largest absolute Gasteiger partial charge is 0.405 e. The highest BCUT2D eigenvalue weighted by Gasteiger charge is 2.27. The first kappa shape index (κ1) is 14.0. The van der Waals surface area contributed by atoms with Crippen LogP contribution in [0, 0.1) is 0 Å². The third-order valence-corrected chi connectivity index (χ3v) is 2.03. The van der Waals surface area contributed by atoms with Gasteiger partial charge in [0, 0.05) is 11.5 Å². The van der Waals surface area contributed by atoms with Crippen LogP contribution >= 0.6 is 11.6 Å². The Labute approximate surface area is 102 Å². The molecule has 1 aromatic heterocycles. The van der Waals surface area contributed by atoms with Crippen LogP contribution in [0.25, 0.3) is 0 Å². The molecule has 0 radical (unpaired) electrons. The molecular formula is C10H13ClF3N3. The van der Waals surface area contributed by atoms with E-state index in [1.807, 2.05) is 20.8 Å². The van der Waals surface area contributed by atoms with Crippen molar-refractivity contribution in [1.29, 1.82) is 0 Å². The van der Waals surface area contributed by atoms with E-state index in [-0.39, 0.29) is 16.4 Å². The van der Waals surface area contributed by atoms with Crippen molar-refractivity contribution in [3.8, 4) is 0 Å². The summed E-state index contributed by atoms with van der Waals surface area (Å²) in [6.07, 6.45) is -4.29. The number of halogens is 4. The van der Waals surface area contributed by atoms with Crippen LogP contribution in [0.15, 0.2) is 6.07 Å². The van der Waals surface area contributed by atoms with Crippen LogP contribution in [0.4, 0.5) is 19.0 Å².